The van der Waals surface area contributed by atoms with Crippen molar-refractivity contribution in [2.75, 3.05) is 7.05 Å². The molecule has 0 aliphatic heterocycles. The molecule has 0 aliphatic carbocycles. The van der Waals surface area contributed by atoms with Crippen LogP contribution in [0.2, 0.25) is 5.02 Å². The van der Waals surface area contributed by atoms with Gasteiger partial charge in [0.1, 0.15) is 11.9 Å². The molecule has 0 aromatic heterocycles. The summed E-state index contributed by atoms with van der Waals surface area (Å²) in [5.41, 5.74) is 5.18. The van der Waals surface area contributed by atoms with Gasteiger partial charge in [0.05, 0.1) is 0 Å². The first kappa shape index (κ1) is 10.9. The van der Waals surface area contributed by atoms with Crippen molar-refractivity contribution in [2.45, 2.75) is 6.04 Å². The van der Waals surface area contributed by atoms with E-state index in [1.807, 2.05) is 0 Å². The molecule has 0 heterocycles. The molecule has 3 nitrogen and oxygen atoms in total. The Hall–Kier alpha value is -1.13. The van der Waals surface area contributed by atoms with Crippen molar-refractivity contribution in [3.05, 3.63) is 34.6 Å². The molecule has 0 saturated carbocycles. The van der Waals surface area contributed by atoms with E-state index in [4.69, 9.17) is 17.3 Å². The predicted molar refractivity (Wildman–Crippen MR) is 52.4 cm³/mol. The largest absolute Gasteiger partial charge is 0.368 e. The van der Waals surface area contributed by atoms with Crippen LogP contribution in [0.3, 0.4) is 0 Å². The zero-order chi connectivity index (χ0) is 10.7. The molecule has 3 N–H and O–H groups in total. The van der Waals surface area contributed by atoms with E-state index in [1.165, 1.54) is 25.2 Å². The van der Waals surface area contributed by atoms with Gasteiger partial charge in [-0.1, -0.05) is 17.7 Å². The van der Waals surface area contributed by atoms with Crippen molar-refractivity contribution in [3.8, 4) is 0 Å². The number of amides is 1. The van der Waals surface area contributed by atoms with E-state index in [-0.39, 0.29) is 10.6 Å². The van der Waals surface area contributed by atoms with Gasteiger partial charge in [0.2, 0.25) is 5.91 Å². The van der Waals surface area contributed by atoms with Crippen molar-refractivity contribution in [1.29, 1.82) is 0 Å². The second-order valence-corrected chi connectivity index (χ2v) is 3.17. The molecular weight excluding hydrogens is 207 g/mol. The minimum absolute atomic E-state index is 0.0872. The highest BCUT2D eigenvalue weighted by molar-refractivity contribution is 6.31. The average molecular weight is 217 g/mol. The number of rotatable bonds is 3. The van der Waals surface area contributed by atoms with E-state index >= 15 is 0 Å². The lowest BCUT2D eigenvalue weighted by Gasteiger charge is -2.14. The molecule has 1 atom stereocenters. The summed E-state index contributed by atoms with van der Waals surface area (Å²) in [7, 11) is 1.51. The van der Waals surface area contributed by atoms with Crippen molar-refractivity contribution in [1.82, 2.24) is 5.32 Å². The zero-order valence-corrected chi connectivity index (χ0v) is 8.31. The molecule has 1 aromatic rings. The summed E-state index contributed by atoms with van der Waals surface area (Å²) in [4.78, 5) is 11.0. The maximum absolute atomic E-state index is 13.3. The van der Waals surface area contributed by atoms with Crippen LogP contribution in [0.1, 0.15) is 11.6 Å². The Morgan fingerprint density at radius 1 is 1.64 bits per heavy atom. The third kappa shape index (κ3) is 2.02. The van der Waals surface area contributed by atoms with Gasteiger partial charge in [-0.25, -0.2) is 4.39 Å². The van der Waals surface area contributed by atoms with Crippen LogP contribution in [0.25, 0.3) is 0 Å². The number of primary amides is 1. The van der Waals surface area contributed by atoms with Crippen LogP contribution in [0, 0.1) is 5.82 Å². The number of carbonyl (C=O) groups is 1. The smallest absolute Gasteiger partial charge is 0.239 e. The summed E-state index contributed by atoms with van der Waals surface area (Å²) < 4.78 is 13.3. The molecule has 0 spiro atoms. The first-order valence-corrected chi connectivity index (χ1v) is 4.36. The Morgan fingerprint density at radius 2 is 2.29 bits per heavy atom. The van der Waals surface area contributed by atoms with E-state index in [2.05, 4.69) is 5.32 Å². The Balaban J connectivity index is 3.22. The molecular formula is C9H10ClFN2O. The fourth-order valence-electron chi connectivity index (χ4n) is 1.22. The maximum atomic E-state index is 13.3. The summed E-state index contributed by atoms with van der Waals surface area (Å²) in [6.45, 7) is 0. The van der Waals surface area contributed by atoms with E-state index < -0.39 is 17.8 Å². The fourth-order valence-corrected chi connectivity index (χ4v) is 1.49. The molecule has 0 saturated heterocycles. The number of nitrogens with one attached hydrogen (secondary N) is 1. The normalized spacial score (nSPS) is 12.5. The van der Waals surface area contributed by atoms with Crippen LogP contribution in [0.15, 0.2) is 18.2 Å². The monoisotopic (exact) mass is 216 g/mol. The highest BCUT2D eigenvalue weighted by Gasteiger charge is 2.21. The molecule has 0 aliphatic rings. The minimum Gasteiger partial charge on any atom is -0.368 e. The predicted octanol–water partition coefficient (Wildman–Crippen LogP) is 1.22. The second-order valence-electron chi connectivity index (χ2n) is 2.76. The van der Waals surface area contributed by atoms with Crippen molar-refractivity contribution in [3.63, 3.8) is 0 Å². The molecule has 0 radical (unpaired) electrons. The van der Waals surface area contributed by atoms with Gasteiger partial charge >= 0.3 is 0 Å². The zero-order valence-electron chi connectivity index (χ0n) is 7.55. The summed E-state index contributed by atoms with van der Waals surface area (Å²) in [5.74, 6) is -1.21. The maximum Gasteiger partial charge on any atom is 0.239 e. The van der Waals surface area contributed by atoms with Crippen molar-refractivity contribution in [2.24, 2.45) is 5.73 Å². The standard InChI is InChI=1S/C9H10ClFN2O/c1-13-8(9(12)14)7-5(10)3-2-4-6(7)11/h2-4,8,13H,1H3,(H2,12,14)/t8-/m1/s1. The number of hydrogen-bond acceptors (Lipinski definition) is 2. The molecule has 14 heavy (non-hydrogen) atoms. The molecule has 1 aromatic carbocycles. The highest BCUT2D eigenvalue weighted by atomic mass is 35.5. The first-order chi connectivity index (χ1) is 6.57. The van der Waals surface area contributed by atoms with Gasteiger partial charge in [0.15, 0.2) is 0 Å². The lowest BCUT2D eigenvalue weighted by Crippen LogP contribution is -2.32. The van der Waals surface area contributed by atoms with Gasteiger partial charge in [-0.05, 0) is 19.2 Å². The number of benzene rings is 1. The number of likely N-dealkylation sites (N-methyl/N-ethyl adjacent to an activating group) is 1. The summed E-state index contributed by atoms with van der Waals surface area (Å²) in [5, 5.41) is 2.78. The van der Waals surface area contributed by atoms with E-state index in [0.29, 0.717) is 0 Å². The van der Waals surface area contributed by atoms with Gasteiger partial charge in [-0.2, -0.15) is 0 Å². The van der Waals surface area contributed by atoms with Crippen molar-refractivity contribution >= 4 is 17.5 Å². The SMILES string of the molecule is CN[C@@H](C(N)=O)c1c(F)cccc1Cl. The van der Waals surface area contributed by atoms with E-state index in [0.717, 1.165) is 0 Å². The Bertz CT molecular complexity index is 336. The minimum atomic E-state index is -0.899. The van der Waals surface area contributed by atoms with Crippen LogP contribution in [-0.2, 0) is 4.79 Å². The summed E-state index contributed by atoms with van der Waals surface area (Å²) in [6, 6.07) is 3.31. The molecule has 0 bridgehead atoms. The summed E-state index contributed by atoms with van der Waals surface area (Å²) >= 11 is 5.76. The number of halogens is 2. The second kappa shape index (κ2) is 4.39. The van der Waals surface area contributed by atoms with Gasteiger partial charge in [0.25, 0.3) is 0 Å². The molecule has 1 amide bonds. The van der Waals surface area contributed by atoms with Crippen LogP contribution >= 0.6 is 11.6 Å². The summed E-state index contributed by atoms with van der Waals surface area (Å²) in [6.07, 6.45) is 0. The quantitative estimate of drug-likeness (QED) is 0.799. The number of hydrogen-bond donors (Lipinski definition) is 2. The highest BCUT2D eigenvalue weighted by Crippen LogP contribution is 2.25. The first-order valence-electron chi connectivity index (χ1n) is 3.98. The molecule has 0 unspecified atom stereocenters. The Kier molecular flexibility index (Phi) is 3.43. The Morgan fingerprint density at radius 3 is 2.71 bits per heavy atom. The molecule has 76 valence electrons. The molecule has 0 fully saturated rings. The average Bonchev–Trinajstić information content (AvgIpc) is 2.10. The van der Waals surface area contributed by atoms with Crippen LogP contribution < -0.4 is 11.1 Å². The lowest BCUT2D eigenvalue weighted by molar-refractivity contribution is -0.120. The van der Waals surface area contributed by atoms with Gasteiger partial charge in [-0.15, -0.1) is 0 Å². The topological polar surface area (TPSA) is 55.1 Å². The van der Waals surface area contributed by atoms with E-state index in [9.17, 15) is 9.18 Å². The number of carbonyl (C=O) groups excluding carboxylic acids is 1. The van der Waals surface area contributed by atoms with Gasteiger partial charge in [-0.3, -0.25) is 4.79 Å². The van der Waals surface area contributed by atoms with Gasteiger partial charge in [0, 0.05) is 10.6 Å². The fraction of sp³-hybridized carbons (Fsp3) is 0.222. The number of nitrogens with two attached hydrogens (primary N) is 1. The van der Waals surface area contributed by atoms with Crippen molar-refractivity contribution < 1.29 is 9.18 Å². The van der Waals surface area contributed by atoms with Gasteiger partial charge < -0.3 is 11.1 Å². The third-order valence-corrected chi connectivity index (χ3v) is 2.19. The molecule has 1 rings (SSSR count). The lowest BCUT2D eigenvalue weighted by atomic mass is 10.1. The third-order valence-electron chi connectivity index (χ3n) is 1.86. The van der Waals surface area contributed by atoms with E-state index in [1.54, 1.807) is 0 Å². The van der Waals surface area contributed by atoms with Crippen LogP contribution in [0.4, 0.5) is 4.39 Å². The van der Waals surface area contributed by atoms with Crippen LogP contribution in [-0.4, -0.2) is 13.0 Å². The van der Waals surface area contributed by atoms with Crippen LogP contribution in [0.5, 0.6) is 0 Å². The molecule has 5 heteroatoms. The Labute approximate surface area is 86.0 Å².